The van der Waals surface area contributed by atoms with Crippen molar-refractivity contribution in [3.8, 4) is 11.1 Å². The van der Waals surface area contributed by atoms with Crippen molar-refractivity contribution in [1.29, 1.82) is 0 Å². The lowest BCUT2D eigenvalue weighted by Gasteiger charge is -2.10. The highest BCUT2D eigenvalue weighted by Crippen LogP contribution is 2.38. The molecule has 0 radical (unpaired) electrons. The first-order valence-electron chi connectivity index (χ1n) is 5.01. The van der Waals surface area contributed by atoms with Crippen molar-refractivity contribution in [2.75, 3.05) is 0 Å². The molecule has 18 heavy (non-hydrogen) atoms. The van der Waals surface area contributed by atoms with E-state index in [1.807, 2.05) is 18.2 Å². The molecule has 0 N–H and O–H groups in total. The summed E-state index contributed by atoms with van der Waals surface area (Å²) in [6, 6.07) is 9.03. The minimum Gasteiger partial charge on any atom is -0.0876 e. The molecule has 0 aliphatic rings. The Hall–Kier alpha value is 0.0800. The Morgan fingerprint density at radius 3 is 1.89 bits per heavy atom. The molecule has 0 fully saturated rings. The number of halogens is 5. The molecule has 5 heteroatoms. The fourth-order valence-corrected chi connectivity index (χ4v) is 3.31. The zero-order valence-electron chi connectivity index (χ0n) is 8.98. The molecule has 0 saturated carbocycles. The lowest BCUT2D eigenvalue weighted by atomic mass is 10.0. The quantitative estimate of drug-likeness (QED) is 0.496. The summed E-state index contributed by atoms with van der Waals surface area (Å²) in [7, 11) is 0. The van der Waals surface area contributed by atoms with Crippen molar-refractivity contribution < 1.29 is 0 Å². The molecule has 2 aromatic carbocycles. The largest absolute Gasteiger partial charge is 0.0876 e. The van der Waals surface area contributed by atoms with E-state index < -0.39 is 0 Å². The van der Waals surface area contributed by atoms with Gasteiger partial charge in [0.2, 0.25) is 0 Å². The van der Waals surface area contributed by atoms with Crippen molar-refractivity contribution >= 4 is 62.3 Å². The fourth-order valence-electron chi connectivity index (χ4n) is 1.69. The molecule has 2 rings (SSSR count). The standard InChI is InChI=1S/C13H7BrCl4/c14-6-7-1-8(3-9(15)2-7)13-11(17)4-10(16)5-12(13)18/h1-5H,6H2. The van der Waals surface area contributed by atoms with Gasteiger partial charge in [-0.3, -0.25) is 0 Å². The van der Waals surface area contributed by atoms with Crippen molar-refractivity contribution in [3.63, 3.8) is 0 Å². The average Bonchev–Trinajstić information content (AvgIpc) is 2.26. The number of hydrogen-bond acceptors (Lipinski definition) is 0. The van der Waals surface area contributed by atoms with Crippen LogP contribution >= 0.6 is 62.3 Å². The summed E-state index contributed by atoms with van der Waals surface area (Å²) in [4.78, 5) is 0. The molecule has 0 nitrogen and oxygen atoms in total. The Balaban J connectivity index is 2.65. The zero-order chi connectivity index (χ0) is 13.3. The Morgan fingerprint density at radius 2 is 1.33 bits per heavy atom. The topological polar surface area (TPSA) is 0 Å². The van der Waals surface area contributed by atoms with Gasteiger partial charge in [0.05, 0.1) is 10.0 Å². The van der Waals surface area contributed by atoms with Crippen LogP contribution in [0, 0.1) is 0 Å². The minimum absolute atomic E-state index is 0.510. The third kappa shape index (κ3) is 3.15. The Bertz CT molecular complexity index is 573. The second kappa shape index (κ2) is 6.02. The molecule has 0 aliphatic heterocycles. The van der Waals surface area contributed by atoms with Crippen molar-refractivity contribution in [2.45, 2.75) is 5.33 Å². The molecule has 0 bridgehead atoms. The van der Waals surface area contributed by atoms with Crippen LogP contribution in [0.5, 0.6) is 0 Å². The maximum atomic E-state index is 6.19. The summed E-state index contributed by atoms with van der Waals surface area (Å²) < 4.78 is 0. The Morgan fingerprint density at radius 1 is 0.778 bits per heavy atom. The number of alkyl halides is 1. The van der Waals surface area contributed by atoms with Gasteiger partial charge in [0.1, 0.15) is 0 Å². The monoisotopic (exact) mass is 382 g/mol. The fraction of sp³-hybridized carbons (Fsp3) is 0.0769. The first-order valence-corrected chi connectivity index (χ1v) is 7.65. The van der Waals surface area contributed by atoms with Crippen LogP contribution in [-0.4, -0.2) is 0 Å². The SMILES string of the molecule is Clc1cc(CBr)cc(-c2c(Cl)cc(Cl)cc2Cl)c1. The van der Waals surface area contributed by atoms with E-state index in [1.54, 1.807) is 12.1 Å². The minimum atomic E-state index is 0.510. The van der Waals surface area contributed by atoms with E-state index in [9.17, 15) is 0 Å². The third-order valence-corrected chi connectivity index (χ3v) is 4.09. The molecule has 0 heterocycles. The van der Waals surface area contributed by atoms with Gasteiger partial charge in [-0.2, -0.15) is 0 Å². The molecule has 0 amide bonds. The van der Waals surface area contributed by atoms with Crippen molar-refractivity contribution in [2.24, 2.45) is 0 Å². The highest BCUT2D eigenvalue weighted by atomic mass is 79.9. The van der Waals surface area contributed by atoms with E-state index in [1.165, 1.54) is 0 Å². The van der Waals surface area contributed by atoms with Crippen LogP contribution in [-0.2, 0) is 5.33 Å². The van der Waals surface area contributed by atoms with Gasteiger partial charge in [0, 0.05) is 20.9 Å². The average molecular weight is 385 g/mol. The second-order valence-corrected chi connectivity index (χ2v) is 5.97. The molecule has 0 aromatic heterocycles. The van der Waals surface area contributed by atoms with Crippen LogP contribution in [0.25, 0.3) is 11.1 Å². The highest BCUT2D eigenvalue weighted by Gasteiger charge is 2.11. The molecule has 2 aromatic rings. The van der Waals surface area contributed by atoms with Crippen LogP contribution in [0.3, 0.4) is 0 Å². The van der Waals surface area contributed by atoms with E-state index >= 15 is 0 Å². The van der Waals surface area contributed by atoms with Gasteiger partial charge in [-0.25, -0.2) is 0 Å². The lowest BCUT2D eigenvalue weighted by molar-refractivity contribution is 1.43. The highest BCUT2D eigenvalue weighted by molar-refractivity contribution is 9.08. The molecule has 94 valence electrons. The predicted octanol–water partition coefficient (Wildman–Crippen LogP) is 6.86. The van der Waals surface area contributed by atoms with Gasteiger partial charge in [-0.1, -0.05) is 68.4 Å². The van der Waals surface area contributed by atoms with Crippen LogP contribution in [0.4, 0.5) is 0 Å². The normalized spacial score (nSPS) is 10.7. The van der Waals surface area contributed by atoms with E-state index in [-0.39, 0.29) is 0 Å². The molecule has 0 saturated heterocycles. The van der Waals surface area contributed by atoms with E-state index in [4.69, 9.17) is 46.4 Å². The molecular formula is C13H7BrCl4. The predicted molar refractivity (Wildman–Crippen MR) is 84.5 cm³/mol. The molecular weight excluding hydrogens is 378 g/mol. The molecule has 0 aliphatic carbocycles. The van der Waals surface area contributed by atoms with E-state index in [2.05, 4.69) is 15.9 Å². The number of hydrogen-bond donors (Lipinski definition) is 0. The summed E-state index contributed by atoms with van der Waals surface area (Å²) in [6.45, 7) is 0. The van der Waals surface area contributed by atoms with Crippen LogP contribution in [0.15, 0.2) is 30.3 Å². The summed E-state index contributed by atoms with van der Waals surface area (Å²) in [5.74, 6) is 0. The first-order chi connectivity index (χ1) is 8.51. The van der Waals surface area contributed by atoms with Gasteiger partial charge in [-0.05, 0) is 35.4 Å². The summed E-state index contributed by atoms with van der Waals surface area (Å²) in [5.41, 5.74) is 2.68. The number of benzene rings is 2. The maximum absolute atomic E-state index is 6.19. The first kappa shape index (κ1) is 14.5. The summed E-state index contributed by atoms with van der Waals surface area (Å²) in [5, 5.41) is 2.88. The van der Waals surface area contributed by atoms with E-state index in [0.717, 1.165) is 16.7 Å². The molecule has 0 atom stereocenters. The molecule has 0 unspecified atom stereocenters. The smallest absolute Gasteiger partial charge is 0.0514 e. The van der Waals surface area contributed by atoms with Crippen LogP contribution in [0.1, 0.15) is 5.56 Å². The van der Waals surface area contributed by atoms with Crippen molar-refractivity contribution in [3.05, 3.63) is 56.0 Å². The second-order valence-electron chi connectivity index (χ2n) is 3.73. The van der Waals surface area contributed by atoms with Gasteiger partial charge >= 0.3 is 0 Å². The van der Waals surface area contributed by atoms with Gasteiger partial charge < -0.3 is 0 Å². The van der Waals surface area contributed by atoms with Gasteiger partial charge in [0.25, 0.3) is 0 Å². The zero-order valence-corrected chi connectivity index (χ0v) is 13.6. The Kier molecular flexibility index (Phi) is 4.85. The van der Waals surface area contributed by atoms with Crippen molar-refractivity contribution in [1.82, 2.24) is 0 Å². The van der Waals surface area contributed by atoms with Gasteiger partial charge in [-0.15, -0.1) is 0 Å². The third-order valence-electron chi connectivity index (χ3n) is 2.41. The lowest BCUT2D eigenvalue weighted by Crippen LogP contribution is -1.86. The van der Waals surface area contributed by atoms with E-state index in [0.29, 0.717) is 25.4 Å². The summed E-state index contributed by atoms with van der Waals surface area (Å²) >= 11 is 27.8. The summed E-state index contributed by atoms with van der Waals surface area (Å²) in [6.07, 6.45) is 0. The number of rotatable bonds is 2. The molecule has 0 spiro atoms. The van der Waals surface area contributed by atoms with Crippen LogP contribution < -0.4 is 0 Å². The maximum Gasteiger partial charge on any atom is 0.0514 e. The van der Waals surface area contributed by atoms with Crippen LogP contribution in [0.2, 0.25) is 20.1 Å². The Labute approximate surface area is 134 Å². The van der Waals surface area contributed by atoms with Gasteiger partial charge in [0.15, 0.2) is 0 Å².